The predicted octanol–water partition coefficient (Wildman–Crippen LogP) is 5.95. The van der Waals surface area contributed by atoms with Gasteiger partial charge in [0.25, 0.3) is 0 Å². The zero-order valence-electron chi connectivity index (χ0n) is 23.2. The van der Waals surface area contributed by atoms with Crippen molar-refractivity contribution >= 4 is 28.5 Å². The molecule has 0 amide bonds. The zero-order valence-corrected chi connectivity index (χ0v) is 23.9. The van der Waals surface area contributed by atoms with Crippen LogP contribution in [0.2, 0.25) is 5.02 Å². The van der Waals surface area contributed by atoms with Crippen molar-refractivity contribution in [1.82, 2.24) is 29.7 Å². The third-order valence-electron chi connectivity index (χ3n) is 7.74. The lowest BCUT2D eigenvalue weighted by atomic mass is 9.83. The van der Waals surface area contributed by atoms with Crippen LogP contribution in [0.25, 0.3) is 34.1 Å². The van der Waals surface area contributed by atoms with Crippen LogP contribution in [0.5, 0.6) is 0 Å². The molecule has 0 atom stereocenters. The summed E-state index contributed by atoms with van der Waals surface area (Å²) in [5.41, 5.74) is 2.36. The monoisotopic (exact) mass is 566 g/mol. The van der Waals surface area contributed by atoms with Crippen molar-refractivity contribution in [2.75, 3.05) is 13.2 Å². The standard InChI is InChI=1S/C27H29ClN6O4.C2H6/c1-15-5-7-16(8-6-15)14-34-21-20(18-3-2-4-19(28)13-18)29-24(25-32-27(36)38-33-25)30-23(21)31-26(34)22(35)17-9-11-37-12-10-17;1-2/h2-4,13,15-17H,5-12,14H2,1H3,(H,32,33,36);1-2H3. The number of fused-ring (bicyclic) bond motifs is 1. The van der Waals surface area contributed by atoms with Crippen molar-refractivity contribution in [2.45, 2.75) is 65.8 Å². The molecular formula is C29H35ClN6O4. The number of hydrogen-bond donors (Lipinski definition) is 1. The predicted molar refractivity (Wildman–Crippen MR) is 152 cm³/mol. The van der Waals surface area contributed by atoms with Crippen LogP contribution in [0.1, 0.15) is 69.9 Å². The molecule has 1 aliphatic carbocycles. The topological polar surface area (TPSA) is 129 Å². The van der Waals surface area contributed by atoms with Gasteiger partial charge in [0.15, 0.2) is 11.5 Å². The molecule has 4 heterocycles. The van der Waals surface area contributed by atoms with E-state index in [0.717, 1.165) is 18.4 Å². The minimum absolute atomic E-state index is 0.00362. The first-order valence-electron chi connectivity index (χ1n) is 14.2. The van der Waals surface area contributed by atoms with E-state index >= 15 is 0 Å². The fourth-order valence-corrected chi connectivity index (χ4v) is 5.77. The number of rotatable bonds is 6. The molecule has 0 bridgehead atoms. The summed E-state index contributed by atoms with van der Waals surface area (Å²) in [5.74, 6) is 0.918. The Bertz CT molecular complexity index is 1530. The van der Waals surface area contributed by atoms with Crippen molar-refractivity contribution in [1.29, 1.82) is 0 Å². The number of nitrogens with one attached hydrogen (secondary N) is 1. The highest BCUT2D eigenvalue weighted by Gasteiger charge is 2.31. The molecule has 1 N–H and O–H groups in total. The Labute approximate surface area is 237 Å². The van der Waals surface area contributed by atoms with E-state index in [-0.39, 0.29) is 23.3 Å². The number of carbonyl (C=O) groups is 1. The van der Waals surface area contributed by atoms with Gasteiger partial charge in [-0.3, -0.25) is 14.3 Å². The van der Waals surface area contributed by atoms with Gasteiger partial charge in [0.1, 0.15) is 11.2 Å². The second kappa shape index (κ2) is 12.4. The van der Waals surface area contributed by atoms with Crippen molar-refractivity contribution in [2.24, 2.45) is 17.8 Å². The van der Waals surface area contributed by atoms with Crippen LogP contribution in [0.15, 0.2) is 33.6 Å². The molecule has 0 spiro atoms. The van der Waals surface area contributed by atoms with Crippen molar-refractivity contribution in [3.63, 3.8) is 0 Å². The summed E-state index contributed by atoms with van der Waals surface area (Å²) in [5, 5.41) is 4.33. The van der Waals surface area contributed by atoms with E-state index in [1.165, 1.54) is 12.8 Å². The number of aromatic amines is 1. The summed E-state index contributed by atoms with van der Waals surface area (Å²) in [6.07, 6.45) is 5.86. The average Bonchev–Trinajstić information content (AvgIpc) is 3.58. The Morgan fingerprint density at radius 2 is 1.82 bits per heavy atom. The van der Waals surface area contributed by atoms with E-state index < -0.39 is 5.76 Å². The van der Waals surface area contributed by atoms with E-state index in [1.807, 2.05) is 36.6 Å². The van der Waals surface area contributed by atoms with Crippen LogP contribution in [0, 0.1) is 17.8 Å². The number of carbonyl (C=O) groups excluding carboxylic acids is 1. The van der Waals surface area contributed by atoms with Crippen LogP contribution in [0.3, 0.4) is 0 Å². The van der Waals surface area contributed by atoms with Gasteiger partial charge in [-0.2, -0.15) is 0 Å². The number of Topliss-reactive ketones (excluding diaryl/α,β-unsaturated/α-hetero) is 1. The normalized spacial score (nSPS) is 19.8. The lowest BCUT2D eigenvalue weighted by molar-refractivity contribution is 0.0534. The number of H-pyrrole nitrogens is 1. The average molecular weight is 567 g/mol. The van der Waals surface area contributed by atoms with Gasteiger partial charge in [-0.1, -0.05) is 62.5 Å². The van der Waals surface area contributed by atoms with Gasteiger partial charge in [0.05, 0.1) is 0 Å². The third-order valence-corrected chi connectivity index (χ3v) is 7.98. The highest BCUT2D eigenvalue weighted by Crippen LogP contribution is 2.35. The first kappa shape index (κ1) is 28.2. The summed E-state index contributed by atoms with van der Waals surface area (Å²) >= 11 is 6.37. The van der Waals surface area contributed by atoms with Gasteiger partial charge in [-0.05, 0) is 49.7 Å². The number of benzene rings is 1. The number of ether oxygens (including phenoxy) is 1. The van der Waals surface area contributed by atoms with Crippen molar-refractivity contribution in [3.05, 3.63) is 45.7 Å². The van der Waals surface area contributed by atoms with E-state index in [1.54, 1.807) is 6.07 Å². The van der Waals surface area contributed by atoms with Gasteiger partial charge in [0.2, 0.25) is 17.4 Å². The highest BCUT2D eigenvalue weighted by molar-refractivity contribution is 6.30. The molecule has 1 aromatic carbocycles. The molecule has 1 aliphatic heterocycles. The van der Waals surface area contributed by atoms with E-state index in [4.69, 9.17) is 30.8 Å². The van der Waals surface area contributed by atoms with Gasteiger partial charge < -0.3 is 9.30 Å². The molecular weight excluding hydrogens is 532 g/mol. The second-order valence-electron chi connectivity index (χ2n) is 10.4. The third kappa shape index (κ3) is 5.88. The smallest absolute Gasteiger partial charge is 0.381 e. The molecule has 4 aromatic rings. The molecule has 1 saturated carbocycles. The molecule has 2 fully saturated rings. The van der Waals surface area contributed by atoms with Crippen LogP contribution in [-0.4, -0.2) is 48.7 Å². The number of aromatic nitrogens is 6. The Kier molecular flexibility index (Phi) is 8.75. The van der Waals surface area contributed by atoms with Crippen LogP contribution in [0.4, 0.5) is 0 Å². The maximum Gasteiger partial charge on any atom is 0.439 e. The second-order valence-corrected chi connectivity index (χ2v) is 10.9. The number of ketones is 1. The molecule has 11 heteroatoms. The molecule has 10 nitrogen and oxygen atoms in total. The van der Waals surface area contributed by atoms with Gasteiger partial charge in [-0.25, -0.2) is 19.7 Å². The summed E-state index contributed by atoms with van der Waals surface area (Å²) in [6, 6.07) is 7.36. The van der Waals surface area contributed by atoms with Gasteiger partial charge in [-0.15, -0.1) is 0 Å². The number of hydrogen-bond acceptors (Lipinski definition) is 8. The fourth-order valence-electron chi connectivity index (χ4n) is 5.58. The minimum Gasteiger partial charge on any atom is -0.381 e. The summed E-state index contributed by atoms with van der Waals surface area (Å²) in [7, 11) is 0. The quantitative estimate of drug-likeness (QED) is 0.283. The van der Waals surface area contributed by atoms with Gasteiger partial charge >= 0.3 is 5.76 Å². The highest BCUT2D eigenvalue weighted by atomic mass is 35.5. The van der Waals surface area contributed by atoms with E-state index in [9.17, 15) is 9.59 Å². The van der Waals surface area contributed by atoms with E-state index in [0.29, 0.717) is 72.1 Å². The maximum absolute atomic E-state index is 13.9. The van der Waals surface area contributed by atoms with Gasteiger partial charge in [0, 0.05) is 36.3 Å². The lowest BCUT2D eigenvalue weighted by Crippen LogP contribution is -2.27. The SMILES string of the molecule is CC.CC1CCC(Cn2c(C(=O)C3CCOCC3)nc3nc(-c4noc(=O)[nH]4)nc(-c4cccc(Cl)c4)c32)CC1. The number of halogens is 1. The molecule has 212 valence electrons. The largest absolute Gasteiger partial charge is 0.439 e. The summed E-state index contributed by atoms with van der Waals surface area (Å²) in [4.78, 5) is 42.3. The lowest BCUT2D eigenvalue weighted by Gasteiger charge is -2.27. The molecule has 1 saturated heterocycles. The van der Waals surface area contributed by atoms with Crippen molar-refractivity contribution < 1.29 is 14.1 Å². The Hall–Kier alpha value is -3.37. The number of imidazole rings is 1. The first-order chi connectivity index (χ1) is 19.5. The van der Waals surface area contributed by atoms with Crippen LogP contribution in [-0.2, 0) is 11.3 Å². The summed E-state index contributed by atoms with van der Waals surface area (Å²) in [6.45, 7) is 8.08. The minimum atomic E-state index is -0.708. The fraction of sp³-hybridized carbons (Fsp3) is 0.517. The molecule has 2 aliphatic rings. The number of nitrogens with zero attached hydrogens (tertiary/aromatic N) is 5. The van der Waals surface area contributed by atoms with Crippen molar-refractivity contribution in [3.8, 4) is 22.9 Å². The first-order valence-corrected chi connectivity index (χ1v) is 14.6. The van der Waals surface area contributed by atoms with E-state index in [2.05, 4.69) is 22.0 Å². The molecule has 6 rings (SSSR count). The van der Waals surface area contributed by atoms with Crippen LogP contribution >= 0.6 is 11.6 Å². The Balaban J connectivity index is 0.00000158. The molecule has 0 radical (unpaired) electrons. The Morgan fingerprint density at radius 1 is 1.07 bits per heavy atom. The molecule has 40 heavy (non-hydrogen) atoms. The maximum atomic E-state index is 13.9. The summed E-state index contributed by atoms with van der Waals surface area (Å²) < 4.78 is 12.2. The molecule has 0 unspecified atom stereocenters. The zero-order chi connectivity index (χ0) is 28.2. The molecule has 3 aromatic heterocycles. The Morgan fingerprint density at radius 3 is 2.50 bits per heavy atom. The van der Waals surface area contributed by atoms with Crippen LogP contribution < -0.4 is 5.76 Å².